The van der Waals surface area contributed by atoms with Crippen molar-refractivity contribution in [3.05, 3.63) is 66.1 Å². The topological polar surface area (TPSA) is 37.8 Å². The molecule has 3 aromatic rings. The molecule has 1 heterocycles. The number of nitrogens with one attached hydrogen (secondary N) is 1. The summed E-state index contributed by atoms with van der Waals surface area (Å²) in [6.07, 6.45) is 1.66. The molecule has 0 bridgehead atoms. The molecular weight excluding hydrogens is 241 g/mol. The van der Waals surface area contributed by atoms with E-state index >= 15 is 0 Å². The summed E-state index contributed by atoms with van der Waals surface area (Å²) in [5.74, 6) is -0.207. The van der Waals surface area contributed by atoms with Crippen molar-refractivity contribution in [2.45, 2.75) is 6.54 Å². The van der Waals surface area contributed by atoms with E-state index in [0.29, 0.717) is 12.1 Å². The monoisotopic (exact) mass is 253 g/mol. The predicted molar refractivity (Wildman–Crippen MR) is 73.3 cm³/mol. The normalized spacial score (nSPS) is 10.6. The van der Waals surface area contributed by atoms with Crippen LogP contribution in [0.1, 0.15) is 5.56 Å². The molecule has 19 heavy (non-hydrogen) atoms. The Labute approximate surface area is 110 Å². The van der Waals surface area contributed by atoms with Crippen molar-refractivity contribution >= 4 is 16.6 Å². The van der Waals surface area contributed by atoms with Crippen molar-refractivity contribution < 1.29 is 4.39 Å². The summed E-state index contributed by atoms with van der Waals surface area (Å²) in [4.78, 5) is 0. The number of halogens is 1. The number of anilines is 1. The molecule has 0 fully saturated rings. The van der Waals surface area contributed by atoms with E-state index in [1.54, 1.807) is 18.3 Å². The standard InChI is InChI=1S/C15H12FN3/c16-13-7-3-1-5-11(13)9-17-15-10-18-19-14-8-4-2-6-12(14)15/h1-8,10H,9H2,(H,17,19). The molecule has 2 aromatic carbocycles. The van der Waals surface area contributed by atoms with Crippen molar-refractivity contribution in [3.8, 4) is 0 Å². The van der Waals surface area contributed by atoms with Crippen molar-refractivity contribution in [3.63, 3.8) is 0 Å². The van der Waals surface area contributed by atoms with Crippen LogP contribution >= 0.6 is 0 Å². The van der Waals surface area contributed by atoms with E-state index in [9.17, 15) is 4.39 Å². The van der Waals surface area contributed by atoms with Gasteiger partial charge in [-0.3, -0.25) is 0 Å². The first-order chi connectivity index (χ1) is 9.34. The third-order valence-electron chi connectivity index (χ3n) is 2.97. The molecule has 0 aliphatic rings. The van der Waals surface area contributed by atoms with Gasteiger partial charge >= 0.3 is 0 Å². The Morgan fingerprint density at radius 1 is 1.00 bits per heavy atom. The molecule has 1 aromatic heterocycles. The minimum atomic E-state index is -0.207. The number of benzene rings is 2. The van der Waals surface area contributed by atoms with Crippen molar-refractivity contribution in [1.29, 1.82) is 0 Å². The van der Waals surface area contributed by atoms with Gasteiger partial charge in [0.05, 0.1) is 17.4 Å². The van der Waals surface area contributed by atoms with Crippen LogP contribution < -0.4 is 5.32 Å². The third-order valence-corrected chi connectivity index (χ3v) is 2.97. The second-order valence-corrected chi connectivity index (χ2v) is 4.22. The Morgan fingerprint density at radius 3 is 2.68 bits per heavy atom. The van der Waals surface area contributed by atoms with Crippen LogP contribution in [0.3, 0.4) is 0 Å². The number of fused-ring (bicyclic) bond motifs is 1. The van der Waals surface area contributed by atoms with Gasteiger partial charge < -0.3 is 5.32 Å². The number of hydrogen-bond acceptors (Lipinski definition) is 3. The number of nitrogens with zero attached hydrogens (tertiary/aromatic N) is 2. The summed E-state index contributed by atoms with van der Waals surface area (Å²) in [7, 11) is 0. The molecule has 0 saturated carbocycles. The summed E-state index contributed by atoms with van der Waals surface area (Å²) in [5.41, 5.74) is 2.30. The number of rotatable bonds is 3. The highest BCUT2D eigenvalue weighted by molar-refractivity contribution is 5.90. The molecule has 3 rings (SSSR count). The van der Waals surface area contributed by atoms with E-state index in [-0.39, 0.29) is 5.82 Å². The van der Waals surface area contributed by atoms with Gasteiger partial charge in [0.25, 0.3) is 0 Å². The number of hydrogen-bond donors (Lipinski definition) is 1. The minimum absolute atomic E-state index is 0.207. The molecule has 0 aliphatic carbocycles. The fraction of sp³-hybridized carbons (Fsp3) is 0.0667. The highest BCUT2D eigenvalue weighted by atomic mass is 19.1. The Hall–Kier alpha value is -2.49. The van der Waals surface area contributed by atoms with Gasteiger partial charge in [-0.1, -0.05) is 36.4 Å². The van der Waals surface area contributed by atoms with Crippen LogP contribution in [0.5, 0.6) is 0 Å². The fourth-order valence-electron chi connectivity index (χ4n) is 1.98. The predicted octanol–water partition coefficient (Wildman–Crippen LogP) is 3.38. The van der Waals surface area contributed by atoms with Crippen LogP contribution in [0.15, 0.2) is 54.7 Å². The lowest BCUT2D eigenvalue weighted by molar-refractivity contribution is 0.613. The zero-order chi connectivity index (χ0) is 13.1. The molecule has 3 nitrogen and oxygen atoms in total. The van der Waals surface area contributed by atoms with Crippen LogP contribution in [0.2, 0.25) is 0 Å². The second kappa shape index (κ2) is 5.02. The molecule has 0 radical (unpaired) electrons. The molecule has 0 unspecified atom stereocenters. The lowest BCUT2D eigenvalue weighted by Gasteiger charge is -2.09. The van der Waals surface area contributed by atoms with Crippen LogP contribution in [0, 0.1) is 5.82 Å². The van der Waals surface area contributed by atoms with Gasteiger partial charge in [-0.15, -0.1) is 0 Å². The third kappa shape index (κ3) is 2.38. The molecule has 0 atom stereocenters. The SMILES string of the molecule is Fc1ccccc1CNc1cnnc2ccccc12. The summed E-state index contributed by atoms with van der Waals surface area (Å²) in [5, 5.41) is 12.2. The van der Waals surface area contributed by atoms with E-state index in [1.165, 1.54) is 6.07 Å². The largest absolute Gasteiger partial charge is 0.379 e. The molecular formula is C15H12FN3. The Kier molecular flexibility index (Phi) is 3.06. The van der Waals surface area contributed by atoms with Crippen LogP contribution in [-0.4, -0.2) is 10.2 Å². The second-order valence-electron chi connectivity index (χ2n) is 4.22. The van der Waals surface area contributed by atoms with Crippen molar-refractivity contribution in [2.24, 2.45) is 0 Å². The van der Waals surface area contributed by atoms with Gasteiger partial charge in [-0.05, 0) is 12.1 Å². The maximum atomic E-state index is 13.5. The van der Waals surface area contributed by atoms with Crippen molar-refractivity contribution in [2.75, 3.05) is 5.32 Å². The molecule has 0 amide bonds. The van der Waals surface area contributed by atoms with Crippen molar-refractivity contribution in [1.82, 2.24) is 10.2 Å². The quantitative estimate of drug-likeness (QED) is 0.777. The molecule has 1 N–H and O–H groups in total. The van der Waals surface area contributed by atoms with Crippen LogP contribution in [0.25, 0.3) is 10.9 Å². The molecule has 4 heteroatoms. The average Bonchev–Trinajstić information content (AvgIpc) is 2.46. The van der Waals surface area contributed by atoms with E-state index in [1.807, 2.05) is 30.3 Å². The lowest BCUT2D eigenvalue weighted by Crippen LogP contribution is -2.03. The minimum Gasteiger partial charge on any atom is -0.379 e. The van der Waals surface area contributed by atoms with Gasteiger partial charge in [0, 0.05) is 17.5 Å². The van der Waals surface area contributed by atoms with Gasteiger partial charge in [-0.25, -0.2) is 4.39 Å². The zero-order valence-electron chi connectivity index (χ0n) is 10.2. The van der Waals surface area contributed by atoms with Gasteiger partial charge in [0.15, 0.2) is 0 Å². The van der Waals surface area contributed by atoms with Gasteiger partial charge in [0.2, 0.25) is 0 Å². The Bertz CT molecular complexity index is 707. The molecule has 0 spiro atoms. The molecule has 94 valence electrons. The fourth-order valence-corrected chi connectivity index (χ4v) is 1.98. The highest BCUT2D eigenvalue weighted by Gasteiger charge is 2.04. The first-order valence-electron chi connectivity index (χ1n) is 6.02. The smallest absolute Gasteiger partial charge is 0.128 e. The first kappa shape index (κ1) is 11.6. The van der Waals surface area contributed by atoms with E-state index < -0.39 is 0 Å². The Morgan fingerprint density at radius 2 is 1.79 bits per heavy atom. The summed E-state index contributed by atoms with van der Waals surface area (Å²) < 4.78 is 13.5. The summed E-state index contributed by atoms with van der Waals surface area (Å²) >= 11 is 0. The van der Waals surface area contributed by atoms with E-state index in [0.717, 1.165) is 16.6 Å². The lowest BCUT2D eigenvalue weighted by atomic mass is 10.2. The Balaban J connectivity index is 1.88. The number of aromatic nitrogens is 2. The van der Waals surface area contributed by atoms with Gasteiger partial charge in [-0.2, -0.15) is 10.2 Å². The van der Waals surface area contributed by atoms with Crippen LogP contribution in [0.4, 0.5) is 10.1 Å². The highest BCUT2D eigenvalue weighted by Crippen LogP contribution is 2.20. The maximum Gasteiger partial charge on any atom is 0.128 e. The van der Waals surface area contributed by atoms with Gasteiger partial charge in [0.1, 0.15) is 5.82 Å². The molecule has 0 aliphatic heterocycles. The molecule has 0 saturated heterocycles. The van der Waals surface area contributed by atoms with E-state index in [4.69, 9.17) is 0 Å². The summed E-state index contributed by atoms with van der Waals surface area (Å²) in [6.45, 7) is 0.419. The summed E-state index contributed by atoms with van der Waals surface area (Å²) in [6, 6.07) is 14.4. The maximum absolute atomic E-state index is 13.5. The zero-order valence-corrected chi connectivity index (χ0v) is 10.2. The first-order valence-corrected chi connectivity index (χ1v) is 6.02. The van der Waals surface area contributed by atoms with E-state index in [2.05, 4.69) is 15.5 Å². The van der Waals surface area contributed by atoms with Crippen LogP contribution in [-0.2, 0) is 6.54 Å². The average molecular weight is 253 g/mol.